The minimum Gasteiger partial charge on any atom is -0.380 e. The molecule has 0 heterocycles. The van der Waals surface area contributed by atoms with Crippen LogP contribution in [0.15, 0.2) is 23.1 Å². The molecule has 8 heteroatoms. The lowest BCUT2D eigenvalue weighted by molar-refractivity contribution is -0.386. The summed E-state index contributed by atoms with van der Waals surface area (Å²) in [6, 6.07) is 3.96. The first-order valence-corrected chi connectivity index (χ1v) is 8.35. The second-order valence-electron chi connectivity index (χ2n) is 4.75. The van der Waals surface area contributed by atoms with Gasteiger partial charge in [0.05, 0.1) is 4.92 Å². The second kappa shape index (κ2) is 7.37. The maximum Gasteiger partial charge on any atom is 0.312 e. The molecule has 0 spiro atoms. The van der Waals surface area contributed by atoms with E-state index < -0.39 is 20.6 Å². The van der Waals surface area contributed by atoms with Crippen LogP contribution >= 0.6 is 0 Å². The molecule has 0 aromatic heterocycles. The fourth-order valence-electron chi connectivity index (χ4n) is 2.08. The quantitative estimate of drug-likeness (QED) is 0.567. The Balaban J connectivity index is 3.28. The molecule has 0 aliphatic carbocycles. The molecule has 1 aromatic carbocycles. The van der Waals surface area contributed by atoms with Crippen molar-refractivity contribution in [1.29, 1.82) is 0 Å². The highest BCUT2D eigenvalue weighted by Gasteiger charge is 2.29. The number of rotatable bonds is 8. The Morgan fingerprint density at radius 1 is 1.33 bits per heavy atom. The van der Waals surface area contributed by atoms with Crippen LogP contribution in [0.5, 0.6) is 0 Å². The van der Waals surface area contributed by atoms with E-state index in [-0.39, 0.29) is 16.6 Å². The molecule has 2 N–H and O–H groups in total. The molecule has 118 valence electrons. The Bertz CT molecular complexity index is 601. The predicted octanol–water partition coefficient (Wildman–Crippen LogP) is 2.49. The monoisotopic (exact) mass is 315 g/mol. The molecule has 0 fully saturated rings. The fraction of sp³-hybridized carbons (Fsp3) is 0.538. The van der Waals surface area contributed by atoms with Crippen LogP contribution in [0.3, 0.4) is 0 Å². The minimum absolute atomic E-state index is 0.202. The van der Waals surface area contributed by atoms with Gasteiger partial charge in [0, 0.05) is 12.6 Å². The van der Waals surface area contributed by atoms with E-state index in [0.29, 0.717) is 13.0 Å². The summed E-state index contributed by atoms with van der Waals surface area (Å²) in [5.74, 6) is 0. The van der Waals surface area contributed by atoms with E-state index in [0.717, 1.165) is 6.42 Å². The van der Waals surface area contributed by atoms with Crippen molar-refractivity contribution < 1.29 is 13.3 Å². The van der Waals surface area contributed by atoms with Crippen molar-refractivity contribution in [3.8, 4) is 0 Å². The van der Waals surface area contributed by atoms with Gasteiger partial charge in [-0.25, -0.2) is 13.1 Å². The zero-order chi connectivity index (χ0) is 16.0. The summed E-state index contributed by atoms with van der Waals surface area (Å²) in [6.07, 6.45) is 1.49. The number of nitro benzene ring substituents is 1. The number of nitrogens with zero attached hydrogens (tertiary/aromatic N) is 1. The predicted molar refractivity (Wildman–Crippen MR) is 82.0 cm³/mol. The lowest BCUT2D eigenvalue weighted by Gasteiger charge is -2.14. The summed E-state index contributed by atoms with van der Waals surface area (Å²) in [6.45, 7) is 5.93. The highest BCUT2D eigenvalue weighted by Crippen LogP contribution is 2.31. The minimum atomic E-state index is -3.93. The van der Waals surface area contributed by atoms with Crippen molar-refractivity contribution in [2.24, 2.45) is 0 Å². The topological polar surface area (TPSA) is 101 Å². The Labute approximate surface area is 124 Å². The molecule has 0 bridgehead atoms. The van der Waals surface area contributed by atoms with Gasteiger partial charge < -0.3 is 5.32 Å². The van der Waals surface area contributed by atoms with E-state index >= 15 is 0 Å². The highest BCUT2D eigenvalue weighted by atomic mass is 32.2. The number of benzene rings is 1. The molecule has 7 nitrogen and oxygen atoms in total. The van der Waals surface area contributed by atoms with Gasteiger partial charge in [0.15, 0.2) is 4.90 Å². The van der Waals surface area contributed by atoms with Crippen LogP contribution in [0.25, 0.3) is 0 Å². The third kappa shape index (κ3) is 4.40. The van der Waals surface area contributed by atoms with E-state index in [9.17, 15) is 18.5 Å². The van der Waals surface area contributed by atoms with Crippen LogP contribution in [-0.2, 0) is 10.0 Å². The Morgan fingerprint density at radius 3 is 2.52 bits per heavy atom. The number of sulfonamides is 1. The second-order valence-corrected chi connectivity index (χ2v) is 6.43. The summed E-state index contributed by atoms with van der Waals surface area (Å²) in [5, 5.41) is 14.1. The molecule has 1 rings (SSSR count). The standard InChI is InChI=1S/C13H21N3O4S/c1-4-7-10(3)15-21(19,20)12-9-6-8-11(14-5-2)13(12)16(17)18/h6,8-10,14-15H,4-5,7H2,1-3H3. The maximum absolute atomic E-state index is 12.4. The number of hydrogen-bond acceptors (Lipinski definition) is 5. The number of nitro groups is 1. The van der Waals surface area contributed by atoms with Crippen molar-refractivity contribution in [1.82, 2.24) is 4.72 Å². The van der Waals surface area contributed by atoms with Gasteiger partial charge in [0.25, 0.3) is 0 Å². The molecule has 0 radical (unpaired) electrons. The normalized spacial score (nSPS) is 12.9. The summed E-state index contributed by atoms with van der Waals surface area (Å²) in [7, 11) is -3.93. The zero-order valence-electron chi connectivity index (χ0n) is 12.4. The summed E-state index contributed by atoms with van der Waals surface area (Å²) < 4.78 is 27.2. The van der Waals surface area contributed by atoms with Crippen LogP contribution in [0.4, 0.5) is 11.4 Å². The molecule has 0 aliphatic heterocycles. The molecule has 0 saturated heterocycles. The molecule has 21 heavy (non-hydrogen) atoms. The largest absolute Gasteiger partial charge is 0.380 e. The van der Waals surface area contributed by atoms with Gasteiger partial charge >= 0.3 is 5.69 Å². The first-order chi connectivity index (χ1) is 9.83. The summed E-state index contributed by atoms with van der Waals surface area (Å²) >= 11 is 0. The maximum atomic E-state index is 12.4. The number of nitrogens with one attached hydrogen (secondary N) is 2. The van der Waals surface area contributed by atoms with Gasteiger partial charge in [-0.15, -0.1) is 0 Å². The lowest BCUT2D eigenvalue weighted by atomic mass is 10.2. The van der Waals surface area contributed by atoms with Gasteiger partial charge in [-0.1, -0.05) is 19.4 Å². The van der Waals surface area contributed by atoms with Gasteiger partial charge in [-0.05, 0) is 32.4 Å². The average Bonchev–Trinajstić information content (AvgIpc) is 2.38. The number of para-hydroxylation sites is 1. The van der Waals surface area contributed by atoms with Crippen LogP contribution in [-0.4, -0.2) is 25.9 Å². The van der Waals surface area contributed by atoms with E-state index in [2.05, 4.69) is 10.0 Å². The van der Waals surface area contributed by atoms with Gasteiger partial charge in [-0.2, -0.15) is 0 Å². The van der Waals surface area contributed by atoms with E-state index in [1.165, 1.54) is 18.2 Å². The van der Waals surface area contributed by atoms with Gasteiger partial charge in [0.1, 0.15) is 5.69 Å². The molecule has 0 amide bonds. The number of anilines is 1. The van der Waals surface area contributed by atoms with Crippen LogP contribution in [0.1, 0.15) is 33.6 Å². The molecule has 0 saturated carbocycles. The first-order valence-electron chi connectivity index (χ1n) is 6.87. The van der Waals surface area contributed by atoms with Crippen LogP contribution < -0.4 is 10.0 Å². The van der Waals surface area contributed by atoms with Crippen molar-refractivity contribution in [2.75, 3.05) is 11.9 Å². The van der Waals surface area contributed by atoms with Crippen LogP contribution in [0, 0.1) is 10.1 Å². The summed E-state index contributed by atoms with van der Waals surface area (Å²) in [4.78, 5) is 10.3. The Morgan fingerprint density at radius 2 is 2.00 bits per heavy atom. The number of hydrogen-bond donors (Lipinski definition) is 2. The van der Waals surface area contributed by atoms with E-state index in [1.54, 1.807) is 13.8 Å². The van der Waals surface area contributed by atoms with E-state index in [1.807, 2.05) is 6.92 Å². The third-order valence-electron chi connectivity index (χ3n) is 2.92. The molecule has 1 aromatic rings. The molecule has 1 atom stereocenters. The Hall–Kier alpha value is -1.67. The molecular formula is C13H21N3O4S. The molecule has 0 aliphatic rings. The van der Waals surface area contributed by atoms with Gasteiger partial charge in [0.2, 0.25) is 10.0 Å². The molecule has 1 unspecified atom stereocenters. The fourth-order valence-corrected chi connectivity index (χ4v) is 3.55. The third-order valence-corrected chi connectivity index (χ3v) is 4.54. The highest BCUT2D eigenvalue weighted by molar-refractivity contribution is 7.89. The zero-order valence-corrected chi connectivity index (χ0v) is 13.2. The Kier molecular flexibility index (Phi) is 6.10. The first kappa shape index (κ1) is 17.4. The van der Waals surface area contributed by atoms with Crippen molar-refractivity contribution >= 4 is 21.4 Å². The van der Waals surface area contributed by atoms with Crippen molar-refractivity contribution in [3.63, 3.8) is 0 Å². The molecular weight excluding hydrogens is 294 g/mol. The van der Waals surface area contributed by atoms with Gasteiger partial charge in [-0.3, -0.25) is 10.1 Å². The lowest BCUT2D eigenvalue weighted by Crippen LogP contribution is -2.32. The SMILES string of the molecule is CCCC(C)NS(=O)(=O)c1cccc(NCC)c1[N+](=O)[O-]. The average molecular weight is 315 g/mol. The van der Waals surface area contributed by atoms with Crippen molar-refractivity contribution in [2.45, 2.75) is 44.6 Å². The van der Waals surface area contributed by atoms with Crippen LogP contribution in [0.2, 0.25) is 0 Å². The summed E-state index contributed by atoms with van der Waals surface area (Å²) in [5.41, 5.74) is -0.218. The van der Waals surface area contributed by atoms with E-state index in [4.69, 9.17) is 0 Å². The smallest absolute Gasteiger partial charge is 0.312 e. The van der Waals surface area contributed by atoms with Crippen molar-refractivity contribution in [3.05, 3.63) is 28.3 Å².